The summed E-state index contributed by atoms with van der Waals surface area (Å²) in [7, 11) is 2.69. The lowest BCUT2D eigenvalue weighted by atomic mass is 10.00. The van der Waals surface area contributed by atoms with Gasteiger partial charge in [-0.2, -0.15) is 10.2 Å². The summed E-state index contributed by atoms with van der Waals surface area (Å²) < 4.78 is 1.85. The van der Waals surface area contributed by atoms with E-state index in [1.807, 2.05) is 0 Å². The van der Waals surface area contributed by atoms with Gasteiger partial charge in [0.1, 0.15) is 11.6 Å². The Morgan fingerprint density at radius 1 is 1.15 bits per heavy atom. The second-order valence-corrected chi connectivity index (χ2v) is 5.67. The van der Waals surface area contributed by atoms with Crippen LogP contribution in [0.25, 0.3) is 11.8 Å². The summed E-state index contributed by atoms with van der Waals surface area (Å²) in [5.74, 6) is -2.93. The number of likely N-dealkylation sites (N-methyl/N-ethyl adjacent to an activating group) is 1. The SMILES string of the molecule is C=Cc1cccc(-n2c(=O)c(C3C=NN(C)C(=O)C3=O)nn(C)c2=O)c1. The van der Waals surface area contributed by atoms with Crippen molar-refractivity contribution < 1.29 is 9.59 Å². The molecule has 3 rings (SSSR count). The van der Waals surface area contributed by atoms with E-state index in [9.17, 15) is 19.2 Å². The number of hydrogen-bond donors (Lipinski definition) is 0. The first-order valence-electron chi connectivity index (χ1n) is 7.64. The molecule has 0 saturated heterocycles. The van der Waals surface area contributed by atoms with Crippen LogP contribution < -0.4 is 11.2 Å². The summed E-state index contributed by atoms with van der Waals surface area (Å²) in [6, 6.07) is 6.62. The minimum Gasteiger partial charge on any atom is -0.287 e. The molecule has 1 unspecified atom stereocenters. The third kappa shape index (κ3) is 2.69. The third-order valence-corrected chi connectivity index (χ3v) is 3.98. The van der Waals surface area contributed by atoms with Crippen LogP contribution in [0.3, 0.4) is 0 Å². The average Bonchev–Trinajstić information content (AvgIpc) is 2.64. The first kappa shape index (κ1) is 17.2. The van der Waals surface area contributed by atoms with Gasteiger partial charge >= 0.3 is 11.6 Å². The monoisotopic (exact) mass is 353 g/mol. The van der Waals surface area contributed by atoms with Crippen LogP contribution in [-0.4, -0.2) is 44.3 Å². The van der Waals surface area contributed by atoms with Gasteiger partial charge in [0.2, 0.25) is 5.78 Å². The van der Waals surface area contributed by atoms with Crippen LogP contribution in [0.1, 0.15) is 17.2 Å². The minimum absolute atomic E-state index is 0.244. The topological polar surface area (TPSA) is 107 Å². The molecule has 0 bridgehead atoms. The lowest BCUT2D eigenvalue weighted by Gasteiger charge is -2.20. The number of Topliss-reactive ketones (excluding diaryl/α,β-unsaturated/α-hetero) is 1. The van der Waals surface area contributed by atoms with Crippen molar-refractivity contribution in [3.63, 3.8) is 0 Å². The summed E-state index contributed by atoms with van der Waals surface area (Å²) in [5, 5.41) is 8.58. The molecule has 1 aliphatic rings. The Kier molecular flexibility index (Phi) is 4.21. The zero-order valence-electron chi connectivity index (χ0n) is 14.1. The maximum absolute atomic E-state index is 12.9. The van der Waals surface area contributed by atoms with Gasteiger partial charge < -0.3 is 0 Å². The molecule has 2 heterocycles. The number of benzene rings is 1. The van der Waals surface area contributed by atoms with Gasteiger partial charge in [-0.15, -0.1) is 0 Å². The zero-order valence-corrected chi connectivity index (χ0v) is 14.1. The number of ketones is 1. The highest BCUT2D eigenvalue weighted by atomic mass is 16.2. The van der Waals surface area contributed by atoms with E-state index in [4.69, 9.17) is 0 Å². The van der Waals surface area contributed by atoms with Gasteiger partial charge in [0.25, 0.3) is 5.56 Å². The van der Waals surface area contributed by atoms with Crippen molar-refractivity contribution in [2.24, 2.45) is 12.1 Å². The van der Waals surface area contributed by atoms with Crippen molar-refractivity contribution in [1.29, 1.82) is 0 Å². The predicted molar refractivity (Wildman–Crippen MR) is 94.2 cm³/mol. The van der Waals surface area contributed by atoms with Gasteiger partial charge in [-0.05, 0) is 17.7 Å². The summed E-state index contributed by atoms with van der Waals surface area (Å²) >= 11 is 0. The van der Waals surface area contributed by atoms with Crippen LogP contribution in [0.2, 0.25) is 0 Å². The van der Waals surface area contributed by atoms with Crippen molar-refractivity contribution in [2.45, 2.75) is 5.92 Å². The molecule has 0 saturated carbocycles. The highest BCUT2D eigenvalue weighted by Crippen LogP contribution is 2.15. The zero-order chi connectivity index (χ0) is 19.0. The molecule has 0 N–H and O–H groups in total. The lowest BCUT2D eigenvalue weighted by Crippen LogP contribution is -2.46. The number of carbonyl (C=O) groups is 2. The number of aryl methyl sites for hydroxylation is 1. The van der Waals surface area contributed by atoms with Gasteiger partial charge in [-0.1, -0.05) is 24.8 Å². The first-order chi connectivity index (χ1) is 12.3. The molecule has 1 amide bonds. The molecule has 1 aromatic carbocycles. The maximum atomic E-state index is 12.9. The predicted octanol–water partition coefficient (Wildman–Crippen LogP) is -0.315. The van der Waals surface area contributed by atoms with Crippen molar-refractivity contribution in [3.8, 4) is 5.69 Å². The molecule has 0 fully saturated rings. The van der Waals surface area contributed by atoms with Crippen LogP contribution in [0, 0.1) is 0 Å². The Morgan fingerprint density at radius 2 is 1.88 bits per heavy atom. The van der Waals surface area contributed by atoms with E-state index in [1.54, 1.807) is 30.3 Å². The van der Waals surface area contributed by atoms with Crippen LogP contribution in [0.15, 0.2) is 45.5 Å². The van der Waals surface area contributed by atoms with Gasteiger partial charge in [0, 0.05) is 20.3 Å². The van der Waals surface area contributed by atoms with Gasteiger partial charge in [0.05, 0.1) is 5.69 Å². The highest BCUT2D eigenvalue weighted by Gasteiger charge is 2.35. The lowest BCUT2D eigenvalue weighted by molar-refractivity contribution is -0.144. The molecule has 0 aliphatic carbocycles. The number of carbonyl (C=O) groups excluding carboxylic acids is 2. The summed E-state index contributed by atoms with van der Waals surface area (Å²) in [6.07, 6.45) is 2.75. The summed E-state index contributed by atoms with van der Waals surface area (Å²) in [4.78, 5) is 49.5. The number of hydrogen-bond acceptors (Lipinski definition) is 6. The smallest absolute Gasteiger partial charge is 0.287 e. The summed E-state index contributed by atoms with van der Waals surface area (Å²) in [6.45, 7) is 3.66. The fourth-order valence-electron chi connectivity index (χ4n) is 2.58. The quantitative estimate of drug-likeness (QED) is 0.703. The molecular weight excluding hydrogens is 338 g/mol. The largest absolute Gasteiger partial charge is 0.351 e. The van der Waals surface area contributed by atoms with Gasteiger partial charge in [-0.3, -0.25) is 14.4 Å². The fraction of sp³-hybridized carbons (Fsp3) is 0.176. The average molecular weight is 353 g/mol. The molecule has 9 heteroatoms. The molecule has 1 aromatic heterocycles. The molecular formula is C17H15N5O4. The Balaban J connectivity index is 2.26. The van der Waals surface area contributed by atoms with E-state index in [2.05, 4.69) is 16.8 Å². The number of aromatic nitrogens is 3. The standard InChI is InChI=1S/C17H15N5O4/c1-4-10-6-5-7-11(8-10)22-15(24)13(19-21(3)17(22)26)12-9-18-20(2)16(25)14(12)23/h4-9,12H,1H2,2-3H3. The van der Waals surface area contributed by atoms with Crippen LogP contribution in [0.5, 0.6) is 0 Å². The fourth-order valence-corrected chi connectivity index (χ4v) is 2.58. The summed E-state index contributed by atoms with van der Waals surface area (Å²) in [5.41, 5.74) is -0.686. The van der Waals surface area contributed by atoms with Crippen molar-refractivity contribution in [1.82, 2.24) is 19.4 Å². The molecule has 0 radical (unpaired) electrons. The van der Waals surface area contributed by atoms with E-state index in [1.165, 1.54) is 20.3 Å². The molecule has 132 valence electrons. The molecule has 1 atom stereocenters. The van der Waals surface area contributed by atoms with E-state index < -0.39 is 28.9 Å². The van der Waals surface area contributed by atoms with Gasteiger partial charge in [-0.25, -0.2) is 19.1 Å². The molecule has 9 nitrogen and oxygen atoms in total. The second-order valence-electron chi connectivity index (χ2n) is 5.67. The normalized spacial score (nSPS) is 16.8. The van der Waals surface area contributed by atoms with E-state index >= 15 is 0 Å². The van der Waals surface area contributed by atoms with Crippen LogP contribution in [0.4, 0.5) is 0 Å². The van der Waals surface area contributed by atoms with Crippen molar-refractivity contribution in [3.05, 3.63) is 62.9 Å². The van der Waals surface area contributed by atoms with E-state index in [0.717, 1.165) is 14.3 Å². The number of hydrazone groups is 1. The van der Waals surface area contributed by atoms with Crippen molar-refractivity contribution >= 4 is 24.0 Å². The number of rotatable bonds is 3. The Hall–Kier alpha value is -3.62. The van der Waals surface area contributed by atoms with Crippen LogP contribution in [-0.2, 0) is 16.6 Å². The van der Waals surface area contributed by atoms with Gasteiger partial charge in [0.15, 0.2) is 0 Å². The maximum Gasteiger partial charge on any atom is 0.351 e. The Bertz CT molecular complexity index is 1080. The Labute approximate surface area is 147 Å². The Morgan fingerprint density at radius 3 is 2.58 bits per heavy atom. The van der Waals surface area contributed by atoms with Crippen LogP contribution >= 0.6 is 0 Å². The molecule has 0 spiro atoms. The molecule has 2 aromatic rings. The van der Waals surface area contributed by atoms with E-state index in [-0.39, 0.29) is 5.69 Å². The number of amides is 1. The van der Waals surface area contributed by atoms with E-state index in [0.29, 0.717) is 11.3 Å². The molecule has 26 heavy (non-hydrogen) atoms. The second kappa shape index (κ2) is 6.36. The third-order valence-electron chi connectivity index (χ3n) is 3.98. The highest BCUT2D eigenvalue weighted by molar-refractivity contribution is 6.42. The molecule has 1 aliphatic heterocycles. The minimum atomic E-state index is -1.24. The van der Waals surface area contributed by atoms with Crippen molar-refractivity contribution in [2.75, 3.05) is 7.05 Å². The first-order valence-corrected chi connectivity index (χ1v) is 7.64. The number of nitrogens with zero attached hydrogens (tertiary/aromatic N) is 5.